The first kappa shape index (κ1) is 14.3. The van der Waals surface area contributed by atoms with Gasteiger partial charge in [0.05, 0.1) is 4.90 Å². The van der Waals surface area contributed by atoms with E-state index >= 15 is 0 Å². The van der Waals surface area contributed by atoms with E-state index in [1.54, 1.807) is 12.1 Å². The normalized spacial score (nSPS) is 11.4. The molecule has 0 saturated heterocycles. The summed E-state index contributed by atoms with van der Waals surface area (Å²) in [4.78, 5) is 14.4. The van der Waals surface area contributed by atoms with Gasteiger partial charge in [-0.2, -0.15) is 0 Å². The van der Waals surface area contributed by atoms with Gasteiger partial charge in [0.25, 0.3) is 0 Å². The zero-order chi connectivity index (χ0) is 14.8. The molecule has 1 aromatic carbocycles. The van der Waals surface area contributed by atoms with Gasteiger partial charge < -0.3 is 9.52 Å². The first-order valence-corrected chi connectivity index (χ1v) is 7.57. The molecule has 2 rings (SSSR count). The average molecular weight is 295 g/mol. The van der Waals surface area contributed by atoms with Gasteiger partial charge in [-0.3, -0.25) is 0 Å². The summed E-state index contributed by atoms with van der Waals surface area (Å²) in [5.74, 6) is -1.86. The van der Waals surface area contributed by atoms with Crippen molar-refractivity contribution in [3.63, 3.8) is 0 Å². The van der Waals surface area contributed by atoms with E-state index in [4.69, 9.17) is 9.52 Å². The number of hydrogen-bond acceptors (Lipinski definition) is 5. The lowest BCUT2D eigenvalue weighted by Crippen LogP contribution is -2.06. The monoisotopic (exact) mass is 295 g/mol. The second-order valence-corrected chi connectivity index (χ2v) is 6.18. The predicted octanol–water partition coefficient (Wildman–Crippen LogP) is 1.91. The highest BCUT2D eigenvalue weighted by Crippen LogP contribution is 2.17. The van der Waals surface area contributed by atoms with E-state index in [-0.39, 0.29) is 16.5 Å². The Bertz CT molecular complexity index is 715. The van der Waals surface area contributed by atoms with Gasteiger partial charge in [0.2, 0.25) is 5.89 Å². The average Bonchev–Trinajstić information content (AvgIpc) is 2.87. The molecule has 106 valence electrons. The minimum absolute atomic E-state index is 0.137. The van der Waals surface area contributed by atoms with E-state index in [1.165, 1.54) is 12.1 Å². The summed E-state index contributed by atoms with van der Waals surface area (Å²) in [6.07, 6.45) is 1.75. The van der Waals surface area contributed by atoms with Crippen molar-refractivity contribution in [3.05, 3.63) is 47.7 Å². The lowest BCUT2D eigenvalue weighted by Gasteiger charge is -2.03. The van der Waals surface area contributed by atoms with Crippen LogP contribution in [0.1, 0.15) is 28.9 Å². The van der Waals surface area contributed by atoms with E-state index in [2.05, 4.69) is 4.98 Å². The van der Waals surface area contributed by atoms with Crippen molar-refractivity contribution in [2.45, 2.75) is 24.0 Å². The topological polar surface area (TPSA) is 97.5 Å². The third-order valence-corrected chi connectivity index (χ3v) is 4.39. The van der Waals surface area contributed by atoms with Crippen LogP contribution in [0.4, 0.5) is 0 Å². The quantitative estimate of drug-likeness (QED) is 0.904. The number of carboxylic acid groups (broad SMARTS) is 1. The van der Waals surface area contributed by atoms with Gasteiger partial charge in [-0.15, -0.1) is 0 Å². The molecule has 0 amide bonds. The summed E-state index contributed by atoms with van der Waals surface area (Å²) >= 11 is 0. The fourth-order valence-corrected chi connectivity index (χ4v) is 2.83. The Morgan fingerprint density at radius 3 is 2.45 bits per heavy atom. The van der Waals surface area contributed by atoms with Crippen LogP contribution in [0.5, 0.6) is 0 Å². The lowest BCUT2D eigenvalue weighted by atomic mass is 10.2. The van der Waals surface area contributed by atoms with Gasteiger partial charge in [-0.05, 0) is 24.1 Å². The molecule has 2 aromatic rings. The Labute approximate surface area is 116 Å². The predicted molar refractivity (Wildman–Crippen MR) is 70.2 cm³/mol. The van der Waals surface area contributed by atoms with Crippen LogP contribution in [0.15, 0.2) is 39.8 Å². The second-order valence-electron chi connectivity index (χ2n) is 4.19. The SMILES string of the molecule is CCc1ccc(S(=O)(=O)Cc2nc(C(=O)O)co2)cc1. The zero-order valence-electron chi connectivity index (χ0n) is 10.7. The highest BCUT2D eigenvalue weighted by Gasteiger charge is 2.20. The molecule has 1 N–H and O–H groups in total. The minimum Gasteiger partial charge on any atom is -0.476 e. The highest BCUT2D eigenvalue weighted by atomic mass is 32.2. The molecule has 0 spiro atoms. The van der Waals surface area contributed by atoms with Crippen molar-refractivity contribution >= 4 is 15.8 Å². The van der Waals surface area contributed by atoms with Crippen LogP contribution in [0.3, 0.4) is 0 Å². The van der Waals surface area contributed by atoms with Crippen molar-refractivity contribution in [2.24, 2.45) is 0 Å². The van der Waals surface area contributed by atoms with Crippen LogP contribution in [0.25, 0.3) is 0 Å². The molecule has 0 atom stereocenters. The van der Waals surface area contributed by atoms with E-state index in [9.17, 15) is 13.2 Å². The van der Waals surface area contributed by atoms with Crippen LogP contribution in [0.2, 0.25) is 0 Å². The molecule has 0 aliphatic rings. The van der Waals surface area contributed by atoms with Crippen LogP contribution in [0, 0.1) is 0 Å². The molecule has 1 aromatic heterocycles. The molecular formula is C13H13NO5S. The number of rotatable bonds is 5. The molecule has 1 heterocycles. The number of aromatic carboxylic acids is 1. The number of carbonyl (C=O) groups is 1. The molecule has 0 radical (unpaired) electrons. The van der Waals surface area contributed by atoms with Gasteiger partial charge in [0, 0.05) is 0 Å². The van der Waals surface area contributed by atoms with Crippen molar-refractivity contribution in [1.29, 1.82) is 0 Å². The largest absolute Gasteiger partial charge is 0.476 e. The minimum atomic E-state index is -3.60. The Hall–Kier alpha value is -2.15. The summed E-state index contributed by atoms with van der Waals surface area (Å²) in [5.41, 5.74) is 0.727. The maximum atomic E-state index is 12.1. The molecule has 0 aliphatic carbocycles. The van der Waals surface area contributed by atoms with Crippen LogP contribution in [-0.2, 0) is 22.0 Å². The highest BCUT2D eigenvalue weighted by molar-refractivity contribution is 7.90. The summed E-state index contributed by atoms with van der Waals surface area (Å²) in [5, 5.41) is 8.70. The number of aromatic nitrogens is 1. The van der Waals surface area contributed by atoms with Crippen molar-refractivity contribution in [3.8, 4) is 0 Å². The van der Waals surface area contributed by atoms with Crippen LogP contribution >= 0.6 is 0 Å². The standard InChI is InChI=1S/C13H13NO5S/c1-2-9-3-5-10(6-4-9)20(17,18)8-12-14-11(7-19-12)13(15)16/h3-7H,2,8H2,1H3,(H,15,16). The molecule has 0 aliphatic heterocycles. The van der Waals surface area contributed by atoms with Gasteiger partial charge >= 0.3 is 5.97 Å². The van der Waals surface area contributed by atoms with Crippen LogP contribution < -0.4 is 0 Å². The summed E-state index contributed by atoms with van der Waals surface area (Å²) in [7, 11) is -3.60. The number of sulfone groups is 1. The molecule has 0 fully saturated rings. The van der Waals surface area contributed by atoms with Gasteiger partial charge in [0.1, 0.15) is 12.0 Å². The lowest BCUT2D eigenvalue weighted by molar-refractivity contribution is 0.0690. The first-order chi connectivity index (χ1) is 9.42. The zero-order valence-corrected chi connectivity index (χ0v) is 11.6. The number of hydrogen-bond donors (Lipinski definition) is 1. The number of benzene rings is 1. The molecule has 7 heteroatoms. The Balaban J connectivity index is 2.23. The fourth-order valence-electron chi connectivity index (χ4n) is 1.65. The van der Waals surface area contributed by atoms with E-state index in [1.807, 2.05) is 6.92 Å². The number of aryl methyl sites for hydroxylation is 1. The van der Waals surface area contributed by atoms with E-state index < -0.39 is 21.6 Å². The summed E-state index contributed by atoms with van der Waals surface area (Å²) in [6.45, 7) is 1.98. The molecular weight excluding hydrogens is 282 g/mol. The molecule has 20 heavy (non-hydrogen) atoms. The van der Waals surface area contributed by atoms with Crippen molar-refractivity contribution < 1.29 is 22.7 Å². The number of oxazole rings is 1. The number of nitrogens with zero attached hydrogens (tertiary/aromatic N) is 1. The Morgan fingerprint density at radius 2 is 1.95 bits per heavy atom. The van der Waals surface area contributed by atoms with E-state index in [0.717, 1.165) is 18.2 Å². The maximum absolute atomic E-state index is 12.1. The molecule has 0 unspecified atom stereocenters. The third-order valence-electron chi connectivity index (χ3n) is 2.78. The van der Waals surface area contributed by atoms with Crippen molar-refractivity contribution in [1.82, 2.24) is 4.98 Å². The van der Waals surface area contributed by atoms with E-state index in [0.29, 0.717) is 0 Å². The molecule has 0 saturated carbocycles. The molecule has 6 nitrogen and oxygen atoms in total. The fraction of sp³-hybridized carbons (Fsp3) is 0.231. The summed E-state index contributed by atoms with van der Waals surface area (Å²) < 4.78 is 29.1. The Kier molecular flexibility index (Phi) is 3.89. The maximum Gasteiger partial charge on any atom is 0.357 e. The number of carboxylic acids is 1. The second kappa shape index (κ2) is 5.46. The summed E-state index contributed by atoms with van der Waals surface area (Å²) in [6, 6.07) is 6.53. The van der Waals surface area contributed by atoms with Gasteiger partial charge in [-0.1, -0.05) is 19.1 Å². The van der Waals surface area contributed by atoms with Gasteiger partial charge in [-0.25, -0.2) is 18.2 Å². The third kappa shape index (κ3) is 3.05. The molecule has 0 bridgehead atoms. The Morgan fingerprint density at radius 1 is 1.30 bits per heavy atom. The first-order valence-electron chi connectivity index (χ1n) is 5.92. The van der Waals surface area contributed by atoms with Gasteiger partial charge in [0.15, 0.2) is 15.5 Å². The van der Waals surface area contributed by atoms with Crippen molar-refractivity contribution in [2.75, 3.05) is 0 Å². The smallest absolute Gasteiger partial charge is 0.357 e. The van der Waals surface area contributed by atoms with Crippen LogP contribution in [-0.4, -0.2) is 24.5 Å².